The van der Waals surface area contributed by atoms with Crippen molar-refractivity contribution in [1.29, 1.82) is 0 Å². The lowest BCUT2D eigenvalue weighted by atomic mass is 9.99. The van der Waals surface area contributed by atoms with Gasteiger partial charge in [-0.05, 0) is 0 Å². The molecule has 0 aromatic heterocycles. The van der Waals surface area contributed by atoms with Crippen LogP contribution < -0.4 is 0 Å². The van der Waals surface area contributed by atoms with E-state index >= 15 is 0 Å². The highest BCUT2D eigenvalue weighted by Gasteiger charge is 2.44. The van der Waals surface area contributed by atoms with Gasteiger partial charge in [0, 0.05) is 0 Å². The van der Waals surface area contributed by atoms with Crippen LogP contribution in [0, 0.1) is 0 Å². The van der Waals surface area contributed by atoms with Gasteiger partial charge >= 0.3 is 0 Å². The molecule has 23 heavy (non-hydrogen) atoms. The van der Waals surface area contributed by atoms with Crippen LogP contribution in [0.15, 0.2) is 0 Å². The molecule has 9 atom stereocenters. The Morgan fingerprint density at radius 3 is 1.91 bits per heavy atom. The maximum absolute atomic E-state index is 9.70. The molecule has 1 heterocycles. The molecule has 0 aromatic rings. The molecule has 0 aromatic carbocycles. The second-order valence-corrected chi connectivity index (χ2v) is 5.33. The van der Waals surface area contributed by atoms with E-state index in [0.717, 1.165) is 0 Å². The van der Waals surface area contributed by atoms with Crippen molar-refractivity contribution in [2.24, 2.45) is 0 Å². The van der Waals surface area contributed by atoms with Crippen molar-refractivity contribution in [2.75, 3.05) is 19.8 Å². The molecule has 9 N–H and O–H groups in total. The van der Waals surface area contributed by atoms with Gasteiger partial charge in [-0.1, -0.05) is 0 Å². The monoisotopic (exact) mass is 344 g/mol. The summed E-state index contributed by atoms with van der Waals surface area (Å²) in [6, 6.07) is 0. The van der Waals surface area contributed by atoms with Gasteiger partial charge < -0.3 is 55.4 Å². The Morgan fingerprint density at radius 1 is 0.826 bits per heavy atom. The summed E-state index contributed by atoms with van der Waals surface area (Å²) in [5.41, 5.74) is 0. The fraction of sp³-hybridized carbons (Fsp3) is 1.00. The van der Waals surface area contributed by atoms with Crippen LogP contribution in [0.4, 0.5) is 0 Å². The van der Waals surface area contributed by atoms with Crippen LogP contribution in [0.25, 0.3) is 0 Å². The fourth-order valence-electron chi connectivity index (χ4n) is 2.06. The standard InChI is InChI=1S/C12H24O11/c13-1-4(15)7(17)8(18)5(16)3-22-12-11(21)10(20)9(19)6(2-14)23-12/h4-21H,1-3H2/t4-,5-,6-,7-,8-,9+,10+,11-,12?/m1/s1. The highest BCUT2D eigenvalue weighted by molar-refractivity contribution is 4.89. The zero-order valence-corrected chi connectivity index (χ0v) is 12.2. The predicted molar refractivity (Wildman–Crippen MR) is 70.8 cm³/mol. The van der Waals surface area contributed by atoms with E-state index in [1.807, 2.05) is 0 Å². The molecule has 1 aliphatic heterocycles. The molecule has 0 saturated carbocycles. The average Bonchev–Trinajstić information content (AvgIpc) is 2.56. The third kappa shape index (κ3) is 5.01. The normalized spacial score (nSPS) is 37.2. The SMILES string of the molecule is OC[C@@H](O)[C@@H](O)[C@H](O)[C@H](O)COC1O[C@H](CO)[C@H](O)[C@H](O)[C@H]1O. The van der Waals surface area contributed by atoms with Crippen LogP contribution in [-0.2, 0) is 9.47 Å². The van der Waals surface area contributed by atoms with Crippen LogP contribution in [0.3, 0.4) is 0 Å². The second kappa shape index (κ2) is 9.15. The third-order valence-corrected chi connectivity index (χ3v) is 3.61. The molecule has 0 aliphatic carbocycles. The van der Waals surface area contributed by atoms with Gasteiger partial charge in [-0.3, -0.25) is 0 Å². The van der Waals surface area contributed by atoms with Crippen molar-refractivity contribution in [1.82, 2.24) is 0 Å². The molecular formula is C12H24O11. The lowest BCUT2D eigenvalue weighted by molar-refractivity contribution is -0.306. The minimum absolute atomic E-state index is 0.655. The third-order valence-electron chi connectivity index (χ3n) is 3.61. The topological polar surface area (TPSA) is 201 Å². The van der Waals surface area contributed by atoms with Gasteiger partial charge in [-0.15, -0.1) is 0 Å². The van der Waals surface area contributed by atoms with Crippen molar-refractivity contribution in [3.8, 4) is 0 Å². The van der Waals surface area contributed by atoms with Gasteiger partial charge in [0.1, 0.15) is 48.8 Å². The lowest BCUT2D eigenvalue weighted by Gasteiger charge is -2.40. The van der Waals surface area contributed by atoms with Crippen LogP contribution in [-0.4, -0.2) is 121 Å². The largest absolute Gasteiger partial charge is 0.394 e. The maximum atomic E-state index is 9.70. The molecule has 11 nitrogen and oxygen atoms in total. The smallest absolute Gasteiger partial charge is 0.186 e. The Kier molecular flexibility index (Phi) is 8.20. The van der Waals surface area contributed by atoms with Crippen molar-refractivity contribution < 1.29 is 55.4 Å². The number of aliphatic hydroxyl groups is 9. The Balaban J connectivity index is 2.55. The Labute approximate surface area is 131 Å². The number of rotatable bonds is 8. The number of aliphatic hydroxyl groups excluding tert-OH is 9. The average molecular weight is 344 g/mol. The zero-order chi connectivity index (χ0) is 17.7. The Hall–Kier alpha value is -0.440. The molecule has 1 aliphatic rings. The summed E-state index contributed by atoms with van der Waals surface area (Å²) in [5, 5.41) is 84.4. The predicted octanol–water partition coefficient (Wildman–Crippen LogP) is -5.76. The Morgan fingerprint density at radius 2 is 1.39 bits per heavy atom. The number of ether oxygens (including phenoxy) is 2. The maximum Gasteiger partial charge on any atom is 0.186 e. The second-order valence-electron chi connectivity index (χ2n) is 5.33. The van der Waals surface area contributed by atoms with Crippen molar-refractivity contribution in [2.45, 2.75) is 55.1 Å². The quantitative estimate of drug-likeness (QED) is 0.203. The molecule has 1 fully saturated rings. The fourth-order valence-corrected chi connectivity index (χ4v) is 2.06. The van der Waals surface area contributed by atoms with E-state index in [1.54, 1.807) is 0 Å². The summed E-state index contributed by atoms with van der Waals surface area (Å²) >= 11 is 0. The molecular weight excluding hydrogens is 320 g/mol. The first-order chi connectivity index (χ1) is 10.7. The van der Waals surface area contributed by atoms with Gasteiger partial charge in [0.2, 0.25) is 0 Å². The first-order valence-electron chi connectivity index (χ1n) is 6.99. The molecule has 11 heteroatoms. The van der Waals surface area contributed by atoms with Gasteiger partial charge in [0.15, 0.2) is 6.29 Å². The summed E-state index contributed by atoms with van der Waals surface area (Å²) in [6.45, 7) is -2.16. The molecule has 1 rings (SSSR count). The molecule has 0 radical (unpaired) electrons. The number of hydrogen-bond acceptors (Lipinski definition) is 11. The highest BCUT2D eigenvalue weighted by Crippen LogP contribution is 2.22. The molecule has 0 bridgehead atoms. The number of hydrogen-bond donors (Lipinski definition) is 9. The van der Waals surface area contributed by atoms with Crippen LogP contribution >= 0.6 is 0 Å². The molecule has 1 saturated heterocycles. The van der Waals surface area contributed by atoms with Crippen LogP contribution in [0.1, 0.15) is 0 Å². The summed E-state index contributed by atoms with van der Waals surface area (Å²) in [5.74, 6) is 0. The summed E-state index contributed by atoms with van der Waals surface area (Å²) in [7, 11) is 0. The van der Waals surface area contributed by atoms with Crippen LogP contribution in [0.5, 0.6) is 0 Å². The van der Waals surface area contributed by atoms with Crippen molar-refractivity contribution in [3.05, 3.63) is 0 Å². The molecule has 0 amide bonds. The van der Waals surface area contributed by atoms with Gasteiger partial charge in [-0.2, -0.15) is 0 Å². The van der Waals surface area contributed by atoms with Gasteiger partial charge in [0.05, 0.1) is 19.8 Å². The summed E-state index contributed by atoms with van der Waals surface area (Å²) < 4.78 is 9.99. The lowest BCUT2D eigenvalue weighted by Crippen LogP contribution is -2.59. The van der Waals surface area contributed by atoms with Gasteiger partial charge in [0.25, 0.3) is 0 Å². The van der Waals surface area contributed by atoms with Crippen molar-refractivity contribution in [3.63, 3.8) is 0 Å². The van der Waals surface area contributed by atoms with E-state index in [1.165, 1.54) is 0 Å². The minimum Gasteiger partial charge on any atom is -0.394 e. The van der Waals surface area contributed by atoms with Gasteiger partial charge in [-0.25, -0.2) is 0 Å². The minimum atomic E-state index is -1.86. The highest BCUT2D eigenvalue weighted by atomic mass is 16.7. The first kappa shape index (κ1) is 20.6. The van der Waals surface area contributed by atoms with E-state index in [4.69, 9.17) is 19.7 Å². The van der Waals surface area contributed by atoms with Crippen molar-refractivity contribution >= 4 is 0 Å². The molecule has 138 valence electrons. The van der Waals surface area contributed by atoms with E-state index in [2.05, 4.69) is 0 Å². The van der Waals surface area contributed by atoms with E-state index in [-0.39, 0.29) is 0 Å². The summed E-state index contributed by atoms with van der Waals surface area (Å²) in [6.07, 6.45) is -14.7. The van der Waals surface area contributed by atoms with E-state index < -0.39 is 74.9 Å². The van der Waals surface area contributed by atoms with E-state index in [0.29, 0.717) is 0 Å². The van der Waals surface area contributed by atoms with E-state index in [9.17, 15) is 35.7 Å². The van der Waals surface area contributed by atoms with Crippen LogP contribution in [0.2, 0.25) is 0 Å². The Bertz CT molecular complexity index is 341. The summed E-state index contributed by atoms with van der Waals surface area (Å²) in [4.78, 5) is 0. The first-order valence-corrected chi connectivity index (χ1v) is 6.99. The zero-order valence-electron chi connectivity index (χ0n) is 12.2. The molecule has 1 unspecified atom stereocenters. The molecule has 0 spiro atoms.